The lowest BCUT2D eigenvalue weighted by Gasteiger charge is -2.33. The first kappa shape index (κ1) is 16.6. The largest absolute Gasteiger partial charge is 0.337 e. The Labute approximate surface area is 150 Å². The summed E-state index contributed by atoms with van der Waals surface area (Å²) in [5.41, 5.74) is 3.26. The van der Waals surface area contributed by atoms with Crippen LogP contribution < -0.4 is 5.32 Å². The third-order valence-corrected chi connectivity index (χ3v) is 6.28. The minimum atomic E-state index is 0.0763. The number of amides is 2. The molecule has 1 saturated heterocycles. The molecule has 134 valence electrons. The zero-order valence-corrected chi connectivity index (χ0v) is 15.1. The van der Waals surface area contributed by atoms with Gasteiger partial charge in [0.2, 0.25) is 11.8 Å². The zero-order chi connectivity index (χ0) is 17.4. The summed E-state index contributed by atoms with van der Waals surface area (Å²) in [5, 5.41) is 2.87. The van der Waals surface area contributed by atoms with E-state index in [-0.39, 0.29) is 5.91 Å². The van der Waals surface area contributed by atoms with E-state index in [0.717, 1.165) is 30.0 Å². The predicted octanol–water partition coefficient (Wildman–Crippen LogP) is 3.68. The van der Waals surface area contributed by atoms with Crippen molar-refractivity contribution in [2.75, 3.05) is 5.32 Å². The molecule has 1 aliphatic carbocycles. The number of rotatable bonds is 4. The van der Waals surface area contributed by atoms with Gasteiger partial charge in [-0.05, 0) is 62.1 Å². The summed E-state index contributed by atoms with van der Waals surface area (Å²) in [5.74, 6) is 1.17. The van der Waals surface area contributed by atoms with Gasteiger partial charge < -0.3 is 10.2 Å². The average Bonchev–Trinajstić information content (AvgIpc) is 3.12. The average molecular weight is 340 g/mol. The lowest BCUT2D eigenvalue weighted by molar-refractivity contribution is -0.134. The van der Waals surface area contributed by atoms with E-state index in [1.807, 2.05) is 6.07 Å². The highest BCUT2D eigenvalue weighted by atomic mass is 16.2. The number of likely N-dealkylation sites (tertiary alicyclic amines) is 1. The molecular weight excluding hydrogens is 312 g/mol. The van der Waals surface area contributed by atoms with Crippen molar-refractivity contribution in [3.63, 3.8) is 0 Å². The Kier molecular flexibility index (Phi) is 4.53. The third kappa shape index (κ3) is 3.31. The minimum Gasteiger partial charge on any atom is -0.337 e. The summed E-state index contributed by atoms with van der Waals surface area (Å²) >= 11 is 0. The zero-order valence-electron chi connectivity index (χ0n) is 15.1. The normalized spacial score (nSPS) is 27.8. The van der Waals surface area contributed by atoms with Crippen LogP contribution in [-0.4, -0.2) is 28.8 Å². The van der Waals surface area contributed by atoms with Crippen LogP contribution in [0.3, 0.4) is 0 Å². The maximum Gasteiger partial charge on any atom is 0.228 e. The van der Waals surface area contributed by atoms with E-state index in [9.17, 15) is 9.59 Å². The Morgan fingerprint density at radius 2 is 2.12 bits per heavy atom. The molecule has 1 N–H and O–H groups in total. The van der Waals surface area contributed by atoms with Crippen molar-refractivity contribution in [2.45, 2.75) is 76.8 Å². The predicted molar refractivity (Wildman–Crippen MR) is 98.4 cm³/mol. The highest BCUT2D eigenvalue weighted by Gasteiger charge is 2.41. The van der Waals surface area contributed by atoms with Crippen LogP contribution in [0.2, 0.25) is 0 Å². The first-order chi connectivity index (χ1) is 12.1. The molecule has 25 heavy (non-hydrogen) atoms. The van der Waals surface area contributed by atoms with Crippen LogP contribution in [0.5, 0.6) is 0 Å². The van der Waals surface area contributed by atoms with E-state index in [0.29, 0.717) is 30.8 Å². The smallest absolute Gasteiger partial charge is 0.228 e. The number of hydrogen-bond acceptors (Lipinski definition) is 2. The topological polar surface area (TPSA) is 49.4 Å². The maximum absolute atomic E-state index is 12.8. The van der Waals surface area contributed by atoms with Crippen molar-refractivity contribution in [3.8, 4) is 0 Å². The molecule has 4 nitrogen and oxygen atoms in total. The van der Waals surface area contributed by atoms with Gasteiger partial charge in [-0.2, -0.15) is 0 Å². The molecule has 4 heteroatoms. The van der Waals surface area contributed by atoms with Crippen molar-refractivity contribution in [1.29, 1.82) is 0 Å². The van der Waals surface area contributed by atoms with Gasteiger partial charge in [0.05, 0.1) is 6.42 Å². The molecular formula is C21H28N2O2. The van der Waals surface area contributed by atoms with E-state index < -0.39 is 0 Å². The van der Waals surface area contributed by atoms with Gasteiger partial charge in [0, 0.05) is 24.2 Å². The molecule has 0 unspecified atom stereocenters. The molecule has 0 spiro atoms. The number of carbonyl (C=O) groups is 2. The first-order valence-electron chi connectivity index (χ1n) is 9.84. The highest BCUT2D eigenvalue weighted by Crippen LogP contribution is 2.39. The van der Waals surface area contributed by atoms with Crippen molar-refractivity contribution < 1.29 is 9.59 Å². The van der Waals surface area contributed by atoms with Crippen molar-refractivity contribution in [2.24, 2.45) is 5.92 Å². The number of fused-ring (bicyclic) bond motifs is 2. The van der Waals surface area contributed by atoms with Crippen LogP contribution >= 0.6 is 0 Å². The number of aryl methyl sites for hydroxylation is 1. The van der Waals surface area contributed by atoms with Gasteiger partial charge in [-0.25, -0.2) is 0 Å². The summed E-state index contributed by atoms with van der Waals surface area (Å²) in [6, 6.07) is 7.11. The number of hydrogen-bond donors (Lipinski definition) is 1. The highest BCUT2D eigenvalue weighted by molar-refractivity contribution is 5.99. The van der Waals surface area contributed by atoms with Gasteiger partial charge in [-0.15, -0.1) is 0 Å². The van der Waals surface area contributed by atoms with E-state index in [4.69, 9.17) is 0 Å². The molecule has 0 aromatic heterocycles. The van der Waals surface area contributed by atoms with Gasteiger partial charge >= 0.3 is 0 Å². The molecule has 3 atom stereocenters. The lowest BCUT2D eigenvalue weighted by Crippen LogP contribution is -2.42. The van der Waals surface area contributed by atoms with Gasteiger partial charge in [-0.3, -0.25) is 9.59 Å². The van der Waals surface area contributed by atoms with E-state index >= 15 is 0 Å². The van der Waals surface area contributed by atoms with Gasteiger partial charge in [0.1, 0.15) is 0 Å². The summed E-state index contributed by atoms with van der Waals surface area (Å²) in [6.07, 6.45) is 9.24. The second-order valence-electron chi connectivity index (χ2n) is 8.07. The summed E-state index contributed by atoms with van der Waals surface area (Å²) in [7, 11) is 0. The van der Waals surface area contributed by atoms with Crippen LogP contribution in [0.15, 0.2) is 18.2 Å². The van der Waals surface area contributed by atoms with Gasteiger partial charge in [0.25, 0.3) is 0 Å². The van der Waals surface area contributed by atoms with Crippen LogP contribution in [-0.2, 0) is 22.4 Å². The molecule has 0 radical (unpaired) electrons. The minimum absolute atomic E-state index is 0.0763. The molecule has 2 amide bonds. The summed E-state index contributed by atoms with van der Waals surface area (Å²) < 4.78 is 0. The molecule has 2 fully saturated rings. The van der Waals surface area contributed by atoms with E-state index in [1.165, 1.54) is 37.7 Å². The molecule has 2 heterocycles. The molecule has 0 bridgehead atoms. The Morgan fingerprint density at radius 1 is 1.28 bits per heavy atom. The van der Waals surface area contributed by atoms with Crippen LogP contribution in [0.25, 0.3) is 0 Å². The lowest BCUT2D eigenvalue weighted by atomic mass is 9.85. The number of anilines is 1. The van der Waals surface area contributed by atoms with Crippen molar-refractivity contribution in [3.05, 3.63) is 29.3 Å². The monoisotopic (exact) mass is 340 g/mol. The van der Waals surface area contributed by atoms with Crippen LogP contribution in [0.1, 0.15) is 63.0 Å². The fraction of sp³-hybridized carbons (Fsp3) is 0.619. The molecule has 1 saturated carbocycles. The second kappa shape index (κ2) is 6.81. The molecule has 3 aliphatic rings. The molecule has 2 aliphatic heterocycles. The number of benzene rings is 1. The Hall–Kier alpha value is -1.84. The number of nitrogens with zero attached hydrogens (tertiary/aromatic N) is 1. The quantitative estimate of drug-likeness (QED) is 0.909. The SMILES string of the molecule is C[C@@H]1C[C@H]2CCCC[C@@H]2N1C(=O)CCCc1ccc2c(c1)CC(=O)N2. The first-order valence-corrected chi connectivity index (χ1v) is 9.84. The van der Waals surface area contributed by atoms with Crippen LogP contribution in [0.4, 0.5) is 5.69 Å². The number of nitrogens with one attached hydrogen (secondary N) is 1. The van der Waals surface area contributed by atoms with Crippen LogP contribution in [0, 0.1) is 5.92 Å². The Bertz CT molecular complexity index is 684. The Balaban J connectivity index is 1.32. The molecule has 1 aromatic rings. The molecule has 4 rings (SSSR count). The van der Waals surface area contributed by atoms with Gasteiger partial charge in [0.15, 0.2) is 0 Å². The maximum atomic E-state index is 12.8. The summed E-state index contributed by atoms with van der Waals surface area (Å²) in [6.45, 7) is 2.22. The van der Waals surface area contributed by atoms with Gasteiger partial charge in [-0.1, -0.05) is 25.0 Å². The fourth-order valence-corrected chi connectivity index (χ4v) is 5.15. The fourth-order valence-electron chi connectivity index (χ4n) is 5.15. The standard InChI is InChI=1S/C21H28N2O2/c1-14-11-16-6-2-3-7-19(16)23(14)21(25)8-4-5-15-9-10-18-17(12-15)13-20(24)22-18/h9-10,12,14,16,19H,2-8,11,13H2,1H3,(H,22,24)/t14-,16-,19+/m1/s1. The molecule has 1 aromatic carbocycles. The second-order valence-corrected chi connectivity index (χ2v) is 8.07. The van der Waals surface area contributed by atoms with E-state index in [2.05, 4.69) is 29.3 Å². The van der Waals surface area contributed by atoms with Crippen molar-refractivity contribution >= 4 is 17.5 Å². The van der Waals surface area contributed by atoms with Crippen molar-refractivity contribution in [1.82, 2.24) is 4.90 Å². The van der Waals surface area contributed by atoms with E-state index in [1.54, 1.807) is 0 Å². The summed E-state index contributed by atoms with van der Waals surface area (Å²) in [4.78, 5) is 26.5. The number of carbonyl (C=O) groups excluding carboxylic acids is 2. The third-order valence-electron chi connectivity index (χ3n) is 6.28. The Morgan fingerprint density at radius 3 is 3.00 bits per heavy atom.